The molecule has 5 rings (SSSR count). The lowest BCUT2D eigenvalue weighted by molar-refractivity contribution is -0.120. The number of fused-ring (bicyclic) bond motifs is 1. The number of anilines is 2. The number of pyridine rings is 1. The second-order valence-electron chi connectivity index (χ2n) is 8.63. The Morgan fingerprint density at radius 2 is 1.94 bits per heavy atom. The van der Waals surface area contributed by atoms with Crippen LogP contribution in [-0.4, -0.2) is 37.6 Å². The number of carbonyl (C=O) groups excluding carboxylic acids is 2. The molecule has 2 amide bonds. The molecule has 0 bridgehead atoms. The molecule has 1 aliphatic rings. The average Bonchev–Trinajstić information content (AvgIpc) is 3.38. The van der Waals surface area contributed by atoms with Gasteiger partial charge in [0.1, 0.15) is 17.1 Å². The predicted molar refractivity (Wildman–Crippen MR) is 135 cm³/mol. The molecular formula is C25H21FN6O2S. The van der Waals surface area contributed by atoms with Crippen LogP contribution in [-0.2, 0) is 11.3 Å². The number of hydrogen-bond donors (Lipinski definition) is 2. The summed E-state index contributed by atoms with van der Waals surface area (Å²) in [6.45, 7) is 3.48. The zero-order valence-electron chi connectivity index (χ0n) is 18.9. The Morgan fingerprint density at radius 1 is 1.14 bits per heavy atom. The van der Waals surface area contributed by atoms with Crippen LogP contribution in [0, 0.1) is 5.82 Å². The van der Waals surface area contributed by atoms with E-state index in [0.29, 0.717) is 16.9 Å². The first kappa shape index (κ1) is 22.6. The smallest absolute Gasteiger partial charge is 0.270 e. The summed E-state index contributed by atoms with van der Waals surface area (Å²) in [5.41, 5.74) is 1.32. The number of hydrogen-bond acceptors (Lipinski definition) is 5. The third-order valence-electron chi connectivity index (χ3n) is 5.98. The number of nitrogens with zero attached hydrogens (tertiary/aromatic N) is 4. The Hall–Kier alpha value is -4.18. The van der Waals surface area contributed by atoms with Gasteiger partial charge in [-0.3, -0.25) is 24.6 Å². The Labute approximate surface area is 205 Å². The maximum Gasteiger partial charge on any atom is 0.270 e. The molecule has 0 atom stereocenters. The summed E-state index contributed by atoms with van der Waals surface area (Å²) in [4.78, 5) is 32.7. The number of benzene rings is 2. The quantitative estimate of drug-likeness (QED) is 0.413. The lowest BCUT2D eigenvalue weighted by Gasteiger charge is -2.29. The molecule has 10 heteroatoms. The first-order chi connectivity index (χ1) is 16.8. The third-order valence-corrected chi connectivity index (χ3v) is 6.35. The van der Waals surface area contributed by atoms with Crippen LogP contribution in [0.4, 0.5) is 15.8 Å². The molecule has 2 aromatic carbocycles. The fraction of sp³-hybridized carbons (Fsp3) is 0.160. The van der Waals surface area contributed by atoms with Gasteiger partial charge in [0.05, 0.1) is 17.4 Å². The van der Waals surface area contributed by atoms with Crippen molar-refractivity contribution in [3.05, 3.63) is 84.1 Å². The lowest BCUT2D eigenvalue weighted by atomic mass is 10.0. The number of thiocarbonyl (C=S) groups is 1. The summed E-state index contributed by atoms with van der Waals surface area (Å²) in [6, 6.07) is 15.0. The van der Waals surface area contributed by atoms with E-state index in [1.54, 1.807) is 67.4 Å². The molecule has 0 unspecified atom stereocenters. The molecule has 2 N–H and O–H groups in total. The zero-order chi connectivity index (χ0) is 24.7. The monoisotopic (exact) mass is 488 g/mol. The maximum absolute atomic E-state index is 15.0. The van der Waals surface area contributed by atoms with Crippen molar-refractivity contribution in [2.45, 2.75) is 25.9 Å². The summed E-state index contributed by atoms with van der Waals surface area (Å²) in [5, 5.41) is 10.7. The molecule has 176 valence electrons. The van der Waals surface area contributed by atoms with Crippen LogP contribution >= 0.6 is 12.2 Å². The number of carbonyl (C=O) groups is 2. The van der Waals surface area contributed by atoms with Gasteiger partial charge < -0.3 is 10.2 Å². The van der Waals surface area contributed by atoms with Crippen molar-refractivity contribution in [1.82, 2.24) is 20.5 Å². The first-order valence-corrected chi connectivity index (χ1v) is 11.3. The van der Waals surface area contributed by atoms with E-state index < -0.39 is 17.3 Å². The summed E-state index contributed by atoms with van der Waals surface area (Å²) in [6.07, 6.45) is 3.21. The summed E-state index contributed by atoms with van der Waals surface area (Å²) < 4.78 is 15.0. The highest BCUT2D eigenvalue weighted by Crippen LogP contribution is 2.37. The van der Waals surface area contributed by atoms with Gasteiger partial charge >= 0.3 is 0 Å². The number of aromatic amines is 1. The standard InChI is InChI=1S/C25H21FN6O2S/c1-25(2)23(34)31(17-8-7-16-14-29-30-21(16)12-17)24(35)32(25)18-9-6-15(19(26)11-18)13-28-22(33)20-5-3-4-10-27-20/h3-12,14H,13H2,1-2H3,(H,28,33)(H,29,30). The van der Waals surface area contributed by atoms with E-state index in [9.17, 15) is 9.59 Å². The minimum Gasteiger partial charge on any atom is -0.347 e. The van der Waals surface area contributed by atoms with Crippen molar-refractivity contribution < 1.29 is 14.0 Å². The van der Waals surface area contributed by atoms with Crippen molar-refractivity contribution in [3.63, 3.8) is 0 Å². The van der Waals surface area contributed by atoms with Gasteiger partial charge in [0, 0.05) is 29.4 Å². The number of halogens is 1. The molecule has 2 aromatic heterocycles. The highest BCUT2D eigenvalue weighted by molar-refractivity contribution is 7.81. The Kier molecular flexibility index (Phi) is 5.52. The van der Waals surface area contributed by atoms with Crippen LogP contribution in [0.2, 0.25) is 0 Å². The normalized spacial score (nSPS) is 15.2. The van der Waals surface area contributed by atoms with Crippen molar-refractivity contribution in [2.75, 3.05) is 9.80 Å². The van der Waals surface area contributed by atoms with E-state index in [2.05, 4.69) is 20.5 Å². The summed E-state index contributed by atoms with van der Waals surface area (Å²) in [7, 11) is 0. The highest BCUT2D eigenvalue weighted by Gasteiger charge is 2.50. The topological polar surface area (TPSA) is 94.2 Å². The van der Waals surface area contributed by atoms with Gasteiger partial charge in [-0.1, -0.05) is 12.1 Å². The van der Waals surface area contributed by atoms with Crippen LogP contribution < -0.4 is 15.1 Å². The van der Waals surface area contributed by atoms with Crippen molar-refractivity contribution >= 4 is 51.4 Å². The van der Waals surface area contributed by atoms with E-state index in [0.717, 1.165) is 10.9 Å². The molecule has 0 aliphatic carbocycles. The Morgan fingerprint density at radius 3 is 2.69 bits per heavy atom. The molecule has 0 radical (unpaired) electrons. The SMILES string of the molecule is CC1(C)C(=O)N(c2ccc3cn[nH]c3c2)C(=S)N1c1ccc(CNC(=O)c2ccccn2)c(F)c1. The minimum absolute atomic E-state index is 0.00931. The van der Waals surface area contributed by atoms with E-state index in [1.807, 2.05) is 6.07 Å². The van der Waals surface area contributed by atoms with E-state index in [1.165, 1.54) is 17.2 Å². The van der Waals surface area contributed by atoms with Crippen LogP contribution in [0.1, 0.15) is 29.9 Å². The van der Waals surface area contributed by atoms with Crippen LogP contribution in [0.5, 0.6) is 0 Å². The van der Waals surface area contributed by atoms with Gasteiger partial charge in [-0.15, -0.1) is 0 Å². The number of aromatic nitrogens is 3. The Balaban J connectivity index is 1.39. The van der Waals surface area contributed by atoms with Gasteiger partial charge in [0.25, 0.3) is 11.8 Å². The predicted octanol–water partition coefficient (Wildman–Crippen LogP) is 3.94. The lowest BCUT2D eigenvalue weighted by Crippen LogP contribution is -2.44. The molecule has 0 spiro atoms. The van der Waals surface area contributed by atoms with Gasteiger partial charge in [-0.05, 0) is 68.5 Å². The van der Waals surface area contributed by atoms with E-state index in [4.69, 9.17) is 12.2 Å². The number of H-pyrrole nitrogens is 1. The maximum atomic E-state index is 15.0. The fourth-order valence-corrected chi connectivity index (χ4v) is 4.62. The van der Waals surface area contributed by atoms with Crippen molar-refractivity contribution in [1.29, 1.82) is 0 Å². The summed E-state index contributed by atoms with van der Waals surface area (Å²) >= 11 is 5.69. The van der Waals surface area contributed by atoms with Crippen molar-refractivity contribution in [3.8, 4) is 0 Å². The molecule has 1 aliphatic heterocycles. The third kappa shape index (κ3) is 3.91. The zero-order valence-corrected chi connectivity index (χ0v) is 19.8. The number of rotatable bonds is 5. The number of amides is 2. The van der Waals surface area contributed by atoms with Crippen molar-refractivity contribution in [2.24, 2.45) is 0 Å². The highest BCUT2D eigenvalue weighted by atomic mass is 32.1. The van der Waals surface area contributed by atoms with E-state index in [-0.39, 0.29) is 23.3 Å². The Bertz CT molecular complexity index is 1470. The van der Waals surface area contributed by atoms with Crippen LogP contribution in [0.3, 0.4) is 0 Å². The first-order valence-electron chi connectivity index (χ1n) is 10.9. The van der Waals surface area contributed by atoms with Crippen LogP contribution in [0.15, 0.2) is 67.0 Å². The van der Waals surface area contributed by atoms with E-state index >= 15 is 4.39 Å². The van der Waals surface area contributed by atoms with Gasteiger partial charge in [0.2, 0.25) is 0 Å². The molecular weight excluding hydrogens is 467 g/mol. The number of nitrogens with one attached hydrogen (secondary N) is 2. The molecule has 35 heavy (non-hydrogen) atoms. The molecule has 8 nitrogen and oxygen atoms in total. The molecule has 1 fully saturated rings. The van der Waals surface area contributed by atoms with Gasteiger partial charge in [-0.2, -0.15) is 5.10 Å². The molecule has 1 saturated heterocycles. The minimum atomic E-state index is -1.04. The van der Waals surface area contributed by atoms with Crippen LogP contribution in [0.25, 0.3) is 10.9 Å². The van der Waals surface area contributed by atoms with Gasteiger partial charge in [-0.25, -0.2) is 4.39 Å². The summed E-state index contributed by atoms with van der Waals surface area (Å²) in [5.74, 6) is -1.15. The van der Waals surface area contributed by atoms with Gasteiger partial charge in [0.15, 0.2) is 5.11 Å². The fourth-order valence-electron chi connectivity index (χ4n) is 4.10. The second-order valence-corrected chi connectivity index (χ2v) is 9.00. The molecule has 4 aromatic rings. The largest absolute Gasteiger partial charge is 0.347 e. The molecule has 0 saturated carbocycles. The average molecular weight is 489 g/mol. The molecule has 3 heterocycles. The second kappa shape index (κ2) is 8.55.